The summed E-state index contributed by atoms with van der Waals surface area (Å²) in [6, 6.07) is 1.84. The molecule has 0 aliphatic heterocycles. The molecular weight excluding hydrogens is 135 g/mol. The van der Waals surface area contributed by atoms with Gasteiger partial charge in [-0.2, -0.15) is 5.26 Å². The van der Waals surface area contributed by atoms with Crippen LogP contribution in [-0.4, -0.2) is 15.7 Å². The van der Waals surface area contributed by atoms with Gasteiger partial charge in [-0.15, -0.1) is 0 Å². The van der Waals surface area contributed by atoms with E-state index in [9.17, 15) is 0 Å². The van der Waals surface area contributed by atoms with Gasteiger partial charge in [-0.1, -0.05) is 0 Å². The van der Waals surface area contributed by atoms with Crippen LogP contribution in [0.1, 0.15) is 11.4 Å². The van der Waals surface area contributed by atoms with Crippen molar-refractivity contribution in [2.75, 3.05) is 0 Å². The number of nitrogens with zero attached hydrogens (tertiary/aromatic N) is 3. The molecule has 0 radical (unpaired) electrons. The third-order valence-corrected chi connectivity index (χ3v) is 1.48. The van der Waals surface area contributed by atoms with Gasteiger partial charge in [0.25, 0.3) is 0 Å². The number of nitrogens with one attached hydrogen (secondary N) is 1. The Hall–Kier alpha value is -1.20. The Morgan fingerprint density at radius 1 is 1.67 bits per heavy atom. The second-order valence-electron chi connectivity index (χ2n) is 1.31. The monoisotopic (exact) mass is 138 g/mol. The first-order valence-corrected chi connectivity index (χ1v) is 3.09. The van der Waals surface area contributed by atoms with Crippen LogP contribution >= 0.6 is 8.51 Å². The van der Waals surface area contributed by atoms with Crippen molar-refractivity contribution >= 4 is 14.7 Å². The van der Waals surface area contributed by atoms with Crippen molar-refractivity contribution in [3.8, 4) is 6.07 Å². The standard InChI is InChI=1S/C4H3N4P/c5-1-3-4(2-6)8-9-7-3/h1,5,9H. The molecule has 1 aromatic rings. The molecule has 1 N–H and O–H groups in total. The molecule has 1 unspecified atom stereocenters. The van der Waals surface area contributed by atoms with E-state index in [1.807, 2.05) is 6.07 Å². The van der Waals surface area contributed by atoms with Crippen molar-refractivity contribution in [2.45, 2.75) is 0 Å². The maximum atomic E-state index is 8.31. The van der Waals surface area contributed by atoms with E-state index in [1.54, 1.807) is 0 Å². The summed E-state index contributed by atoms with van der Waals surface area (Å²) in [5.74, 6) is 0. The lowest BCUT2D eigenvalue weighted by molar-refractivity contribution is 1.37. The van der Waals surface area contributed by atoms with Gasteiger partial charge >= 0.3 is 0 Å². The Labute approximate surface area is 53.3 Å². The number of hydrogen-bond donors (Lipinski definition) is 1. The van der Waals surface area contributed by atoms with E-state index in [1.165, 1.54) is 0 Å². The third-order valence-electron chi connectivity index (χ3n) is 0.817. The second kappa shape index (κ2) is 2.38. The third kappa shape index (κ3) is 0.956. The van der Waals surface area contributed by atoms with Crippen LogP contribution in [0.3, 0.4) is 0 Å². The minimum Gasteiger partial charge on any atom is -0.306 e. The largest absolute Gasteiger partial charge is 0.306 e. The summed E-state index contributed by atoms with van der Waals surface area (Å²) in [7, 11) is 0.0851. The fraction of sp³-hybridized carbons (Fsp3) is 0. The topological polar surface area (TPSA) is 73.4 Å². The van der Waals surface area contributed by atoms with Gasteiger partial charge in [0, 0.05) is 6.21 Å². The normalized spacial score (nSPS) is 9.22. The minimum absolute atomic E-state index is 0.0851. The number of aromatic nitrogens is 2. The zero-order valence-electron chi connectivity index (χ0n) is 4.42. The van der Waals surface area contributed by atoms with Crippen molar-refractivity contribution in [1.29, 1.82) is 10.7 Å². The zero-order chi connectivity index (χ0) is 6.69. The quantitative estimate of drug-likeness (QED) is 0.570. The first-order chi connectivity index (χ1) is 4.38. The molecule has 4 nitrogen and oxygen atoms in total. The molecule has 0 saturated heterocycles. The van der Waals surface area contributed by atoms with Gasteiger partial charge in [0.2, 0.25) is 0 Å². The molecule has 1 atom stereocenters. The van der Waals surface area contributed by atoms with Gasteiger partial charge < -0.3 is 5.41 Å². The van der Waals surface area contributed by atoms with Crippen LogP contribution in [0.15, 0.2) is 0 Å². The first kappa shape index (κ1) is 5.93. The molecule has 0 bridgehead atoms. The molecule has 1 rings (SSSR count). The Kier molecular flexibility index (Phi) is 1.57. The molecule has 5 heteroatoms. The lowest BCUT2D eigenvalue weighted by atomic mass is 10.4. The molecule has 9 heavy (non-hydrogen) atoms. The summed E-state index contributed by atoms with van der Waals surface area (Å²) in [4.78, 5) is 0. The van der Waals surface area contributed by atoms with Crippen molar-refractivity contribution in [3.63, 3.8) is 0 Å². The molecule has 0 saturated carbocycles. The number of rotatable bonds is 1. The predicted octanol–water partition coefficient (Wildman–Crippen LogP) is 0.377. The Bertz CT molecular complexity index is 258. The zero-order valence-corrected chi connectivity index (χ0v) is 5.42. The average molecular weight is 138 g/mol. The van der Waals surface area contributed by atoms with E-state index >= 15 is 0 Å². The van der Waals surface area contributed by atoms with Crippen molar-refractivity contribution in [1.82, 2.24) is 9.49 Å². The lowest BCUT2D eigenvalue weighted by Crippen LogP contribution is -1.82. The summed E-state index contributed by atoms with van der Waals surface area (Å²) < 4.78 is 7.52. The highest BCUT2D eigenvalue weighted by molar-refractivity contribution is 7.20. The van der Waals surface area contributed by atoms with E-state index in [0.29, 0.717) is 5.69 Å². The van der Waals surface area contributed by atoms with Crippen LogP contribution in [0, 0.1) is 16.7 Å². The Morgan fingerprint density at radius 3 is 2.89 bits per heavy atom. The Balaban J connectivity index is 3.17. The molecular formula is C4H3N4P. The van der Waals surface area contributed by atoms with Gasteiger partial charge in [-0.05, 0) is 0 Å². The van der Waals surface area contributed by atoms with E-state index in [0.717, 1.165) is 6.21 Å². The van der Waals surface area contributed by atoms with E-state index in [2.05, 4.69) is 9.49 Å². The Morgan fingerprint density at radius 2 is 2.44 bits per heavy atom. The van der Waals surface area contributed by atoms with E-state index in [-0.39, 0.29) is 14.2 Å². The van der Waals surface area contributed by atoms with Gasteiger partial charge in [-0.25, -0.2) is 9.49 Å². The number of hydrogen-bond acceptors (Lipinski definition) is 4. The summed E-state index contributed by atoms with van der Waals surface area (Å²) in [5.41, 5.74) is 0.680. The second-order valence-corrected chi connectivity index (χ2v) is 1.96. The van der Waals surface area contributed by atoms with E-state index in [4.69, 9.17) is 10.7 Å². The van der Waals surface area contributed by atoms with Crippen LogP contribution in [0.2, 0.25) is 0 Å². The maximum Gasteiger partial charge on any atom is 0.173 e. The molecule has 0 aliphatic rings. The molecule has 0 aromatic carbocycles. The van der Waals surface area contributed by atoms with Crippen molar-refractivity contribution < 1.29 is 0 Å². The smallest absolute Gasteiger partial charge is 0.173 e. The molecule has 0 amide bonds. The van der Waals surface area contributed by atoms with Crippen LogP contribution in [0.25, 0.3) is 0 Å². The van der Waals surface area contributed by atoms with Crippen LogP contribution < -0.4 is 0 Å². The van der Waals surface area contributed by atoms with Crippen molar-refractivity contribution in [3.05, 3.63) is 11.4 Å². The highest BCUT2D eigenvalue weighted by Crippen LogP contribution is 2.03. The lowest BCUT2D eigenvalue weighted by Gasteiger charge is -1.75. The molecule has 0 spiro atoms. The summed E-state index contributed by atoms with van der Waals surface area (Å²) in [6.45, 7) is 0. The molecule has 1 aromatic heterocycles. The SMILES string of the molecule is N#Cc1n[pH]nc1C=N. The van der Waals surface area contributed by atoms with Crippen LogP contribution in [-0.2, 0) is 0 Å². The fourth-order valence-corrected chi connectivity index (χ4v) is 1.01. The minimum atomic E-state index is 0.0851. The van der Waals surface area contributed by atoms with Gasteiger partial charge in [0.1, 0.15) is 11.8 Å². The molecule has 0 fully saturated rings. The molecule has 1 heterocycles. The fourth-order valence-electron chi connectivity index (χ4n) is 0.422. The highest BCUT2D eigenvalue weighted by atomic mass is 31.1. The molecule has 44 valence electrons. The predicted molar refractivity (Wildman–Crippen MR) is 34.1 cm³/mol. The van der Waals surface area contributed by atoms with Crippen LogP contribution in [0.5, 0.6) is 0 Å². The van der Waals surface area contributed by atoms with Gasteiger partial charge in [0.05, 0.1) is 8.51 Å². The molecule has 0 aliphatic carbocycles. The summed E-state index contributed by atoms with van der Waals surface area (Å²) in [6.07, 6.45) is 1.04. The first-order valence-electron chi connectivity index (χ1n) is 2.20. The number of nitriles is 1. The van der Waals surface area contributed by atoms with E-state index < -0.39 is 0 Å². The maximum absolute atomic E-state index is 8.31. The summed E-state index contributed by atoms with van der Waals surface area (Å²) in [5, 5.41) is 15.1. The highest BCUT2D eigenvalue weighted by Gasteiger charge is 1.99. The van der Waals surface area contributed by atoms with Gasteiger partial charge in [0.15, 0.2) is 5.69 Å². The van der Waals surface area contributed by atoms with Gasteiger partial charge in [-0.3, -0.25) is 0 Å². The average Bonchev–Trinajstić information content (AvgIpc) is 2.33. The summed E-state index contributed by atoms with van der Waals surface area (Å²) >= 11 is 0. The van der Waals surface area contributed by atoms with Crippen molar-refractivity contribution in [2.24, 2.45) is 0 Å². The van der Waals surface area contributed by atoms with Crippen LogP contribution in [0.4, 0.5) is 0 Å².